The average Bonchev–Trinajstić information content (AvgIpc) is 3.81. The zero-order chi connectivity index (χ0) is 33.2. The molecule has 256 valence electrons. The summed E-state index contributed by atoms with van der Waals surface area (Å²) >= 11 is 10.5. The molecule has 4 aromatic rings. The Morgan fingerprint density at radius 1 is 0.750 bits per heavy atom. The first-order valence-corrected chi connectivity index (χ1v) is 19.8. The molecule has 5 aliphatic rings. The molecule has 3 saturated heterocycles. The Morgan fingerprint density at radius 3 is 1.94 bits per heavy atom. The summed E-state index contributed by atoms with van der Waals surface area (Å²) < 4.78 is 75.4. The van der Waals surface area contributed by atoms with Gasteiger partial charge in [0, 0.05) is 0 Å². The molecule has 9 rings (SSSR count). The molecule has 5 aliphatic heterocycles. The van der Waals surface area contributed by atoms with Crippen molar-refractivity contribution >= 4 is 59.4 Å². The molecule has 0 aliphatic carbocycles. The van der Waals surface area contributed by atoms with Gasteiger partial charge in [-0.15, -0.1) is 0 Å². The summed E-state index contributed by atoms with van der Waals surface area (Å²) in [5.74, 6) is 0.152. The van der Waals surface area contributed by atoms with Crippen molar-refractivity contribution in [3.8, 4) is 5.88 Å². The molecule has 0 amide bonds. The molecule has 9 heterocycles. The lowest BCUT2D eigenvalue weighted by Gasteiger charge is -2.29. The van der Waals surface area contributed by atoms with Crippen LogP contribution in [0.2, 0.25) is 0 Å². The van der Waals surface area contributed by atoms with Crippen LogP contribution in [0.1, 0.15) is 24.6 Å². The van der Waals surface area contributed by atoms with Crippen LogP contribution in [-0.4, -0.2) is 105 Å². The number of imidazole rings is 2. The third kappa shape index (κ3) is 5.99. The highest BCUT2D eigenvalue weighted by Crippen LogP contribution is 2.54. The van der Waals surface area contributed by atoms with Crippen molar-refractivity contribution in [2.45, 2.75) is 62.1 Å². The van der Waals surface area contributed by atoms with E-state index in [1.807, 2.05) is 6.08 Å². The third-order valence-corrected chi connectivity index (χ3v) is 11.3. The van der Waals surface area contributed by atoms with Crippen LogP contribution < -0.4 is 4.74 Å². The monoisotopic (exact) mass is 746 g/mol. The fraction of sp³-hybridized carbons (Fsp3) is 0.520. The van der Waals surface area contributed by atoms with E-state index in [4.69, 9.17) is 55.9 Å². The van der Waals surface area contributed by atoms with Gasteiger partial charge in [0.2, 0.25) is 5.88 Å². The Kier molecular flexibility index (Phi) is 8.62. The van der Waals surface area contributed by atoms with Crippen LogP contribution in [0, 0.1) is 0 Å². The fourth-order valence-corrected chi connectivity index (χ4v) is 8.86. The largest absolute Gasteiger partial charge is 0.472 e. The number of alkyl halides is 2. The van der Waals surface area contributed by atoms with Crippen molar-refractivity contribution in [1.82, 2.24) is 39.0 Å². The normalized spacial score (nSPS) is 38.2. The number of fused-ring (bicyclic) bond motifs is 10. The van der Waals surface area contributed by atoms with Gasteiger partial charge in [-0.3, -0.25) is 18.2 Å². The zero-order valence-corrected chi connectivity index (χ0v) is 27.8. The van der Waals surface area contributed by atoms with Gasteiger partial charge in [-0.05, 0) is 36.5 Å². The minimum atomic E-state index is -4.24. The number of hydrogen-bond acceptors (Lipinski definition) is 15. The molecule has 14 bridgehead atoms. The van der Waals surface area contributed by atoms with E-state index in [1.54, 1.807) is 6.08 Å². The van der Waals surface area contributed by atoms with E-state index in [-0.39, 0.29) is 29.3 Å². The van der Waals surface area contributed by atoms with Gasteiger partial charge >= 0.3 is 13.4 Å². The number of rotatable bonds is 0. The summed E-state index contributed by atoms with van der Waals surface area (Å²) in [6.07, 6.45) is -2.50. The summed E-state index contributed by atoms with van der Waals surface area (Å²) in [6, 6.07) is 0. The van der Waals surface area contributed by atoms with Crippen molar-refractivity contribution < 1.29 is 50.9 Å². The molecule has 23 heteroatoms. The first kappa shape index (κ1) is 32.7. The highest BCUT2D eigenvalue weighted by molar-refractivity contribution is 8.07. The van der Waals surface area contributed by atoms with Gasteiger partial charge in [0.15, 0.2) is 41.6 Å². The molecular weight excluding hydrogens is 720 g/mol. The van der Waals surface area contributed by atoms with E-state index in [0.29, 0.717) is 24.1 Å². The van der Waals surface area contributed by atoms with E-state index in [2.05, 4.69) is 29.9 Å². The quantitative estimate of drug-likeness (QED) is 0.197. The maximum atomic E-state index is 16.3. The zero-order valence-electron chi connectivity index (χ0n) is 24.4. The van der Waals surface area contributed by atoms with Gasteiger partial charge in [-0.1, -0.05) is 12.2 Å². The smallest absolute Gasteiger partial charge is 0.325 e. The number of aryl methyl sites for hydroxylation is 1. The van der Waals surface area contributed by atoms with Gasteiger partial charge in [-0.25, -0.2) is 33.7 Å². The maximum Gasteiger partial charge on any atom is 0.325 e. The molecule has 10 atom stereocenters. The van der Waals surface area contributed by atoms with E-state index < -0.39 is 75.9 Å². The van der Waals surface area contributed by atoms with Gasteiger partial charge in [0.1, 0.15) is 49.2 Å². The minimum absolute atomic E-state index is 0.142. The standard InChI is InChI=1S/C25H26F2N8O9P2S2/c26-15-19-13-6-39-46(37,48)44-20-14(7-40-45(36,47)43-19)42-25(16(20)27)35-11-33-18-22(35)30-9-31-23(18)38-5-3-1-2-4-12-17-21(29-8-28-12)34(10-32-17)24(15)41-13/h1,3,8-11,13-16,19-20,24-25H,2,4-7H2,(H,36,47)(H,37,48)/b3-1+/t13-,14-,15-,16-,19-,20-,24-,25-,45?,46?/m1/s1. The van der Waals surface area contributed by atoms with Gasteiger partial charge in [-0.2, -0.15) is 4.98 Å². The Hall–Kier alpha value is -2.52. The first-order chi connectivity index (χ1) is 23.1. The summed E-state index contributed by atoms with van der Waals surface area (Å²) in [4.78, 5) is 47.9. The Bertz CT molecular complexity index is 1850. The van der Waals surface area contributed by atoms with Crippen LogP contribution in [0.5, 0.6) is 5.88 Å². The first-order valence-electron chi connectivity index (χ1n) is 14.6. The molecule has 0 aromatic carbocycles. The topological polar surface area (TPSA) is 192 Å². The lowest BCUT2D eigenvalue weighted by Crippen LogP contribution is -2.37. The van der Waals surface area contributed by atoms with Crippen LogP contribution in [0.3, 0.4) is 0 Å². The summed E-state index contributed by atoms with van der Waals surface area (Å²) in [5, 5.41) is 0. The van der Waals surface area contributed by atoms with Crippen molar-refractivity contribution in [2.24, 2.45) is 0 Å². The second kappa shape index (κ2) is 12.7. The number of ether oxygens (including phenoxy) is 3. The number of allylic oxidation sites excluding steroid dienone is 1. The molecule has 48 heavy (non-hydrogen) atoms. The van der Waals surface area contributed by atoms with E-state index in [0.717, 1.165) is 0 Å². The van der Waals surface area contributed by atoms with Crippen LogP contribution in [-0.2, 0) is 57.6 Å². The Morgan fingerprint density at radius 2 is 1.31 bits per heavy atom. The van der Waals surface area contributed by atoms with E-state index in [1.165, 1.54) is 34.4 Å². The molecule has 2 N–H and O–H groups in total. The molecule has 3 fully saturated rings. The highest BCUT2D eigenvalue weighted by atomic mass is 32.5. The summed E-state index contributed by atoms with van der Waals surface area (Å²) in [7, 11) is 0. The van der Waals surface area contributed by atoms with E-state index >= 15 is 8.78 Å². The number of nitrogens with zero attached hydrogens (tertiary/aromatic N) is 8. The van der Waals surface area contributed by atoms with Crippen molar-refractivity contribution in [3.63, 3.8) is 0 Å². The van der Waals surface area contributed by atoms with Crippen LogP contribution >= 0.6 is 13.4 Å². The number of hydrogen-bond donors (Lipinski definition) is 2. The maximum absolute atomic E-state index is 16.3. The number of halogens is 2. The van der Waals surface area contributed by atoms with Crippen molar-refractivity contribution in [2.75, 3.05) is 19.8 Å². The van der Waals surface area contributed by atoms with Crippen molar-refractivity contribution in [1.29, 1.82) is 0 Å². The third-order valence-electron chi connectivity index (χ3n) is 8.19. The predicted octanol–water partition coefficient (Wildman–Crippen LogP) is 2.27. The molecular formula is C25H26F2N8O9P2S2. The lowest BCUT2D eigenvalue weighted by atomic mass is 10.1. The molecule has 0 saturated carbocycles. The fourth-order valence-electron chi connectivity index (χ4n) is 5.98. The molecule has 17 nitrogen and oxygen atoms in total. The van der Waals surface area contributed by atoms with Crippen LogP contribution in [0.25, 0.3) is 22.3 Å². The Labute approximate surface area is 279 Å². The second-order valence-electron chi connectivity index (χ2n) is 11.2. The van der Waals surface area contributed by atoms with Crippen molar-refractivity contribution in [3.05, 3.63) is 43.2 Å². The molecule has 0 spiro atoms. The highest BCUT2D eigenvalue weighted by Gasteiger charge is 2.53. The predicted molar refractivity (Wildman–Crippen MR) is 166 cm³/mol. The molecule has 2 unspecified atom stereocenters. The van der Waals surface area contributed by atoms with Gasteiger partial charge in [0.05, 0.1) is 31.6 Å². The average molecular weight is 747 g/mol. The second-order valence-corrected chi connectivity index (χ2v) is 16.7. The Balaban J connectivity index is 1.21. The lowest BCUT2D eigenvalue weighted by molar-refractivity contribution is -0.0583. The summed E-state index contributed by atoms with van der Waals surface area (Å²) in [5.41, 5.74) is 1.73. The SMILES string of the molecule is OP1(=S)OC[C@H]2O[C@@H]3[C@H](F)[C@@H]2OP(O)(=S)OC[C@H]2O[C@H]([C@H](F)[C@@H]2O1)n1cnc2c(ncnc21)CC/C=C/COc1ncnc2c1ncn23. The minimum Gasteiger partial charge on any atom is -0.472 e. The van der Waals surface area contributed by atoms with Crippen LogP contribution in [0.4, 0.5) is 8.78 Å². The van der Waals surface area contributed by atoms with E-state index in [9.17, 15) is 9.79 Å². The number of aromatic nitrogens is 8. The van der Waals surface area contributed by atoms with Gasteiger partial charge < -0.3 is 33.0 Å². The molecule has 4 aromatic heterocycles. The summed E-state index contributed by atoms with van der Waals surface area (Å²) in [6.45, 7) is -9.49. The molecule has 0 radical (unpaired) electrons. The van der Waals surface area contributed by atoms with Gasteiger partial charge in [0.25, 0.3) is 0 Å². The van der Waals surface area contributed by atoms with Crippen LogP contribution in [0.15, 0.2) is 37.5 Å².